The average Bonchev–Trinajstić information content (AvgIpc) is 2.81. The number of amides is 1. The number of rotatable bonds is 5. The lowest BCUT2D eigenvalue weighted by molar-refractivity contribution is 0.0584. The number of hydrogen-bond donors (Lipinski definition) is 1. The maximum absolute atomic E-state index is 13.4. The number of hydrogen-bond acceptors (Lipinski definition) is 5. The molecule has 0 saturated carbocycles. The van der Waals surface area contributed by atoms with Crippen LogP contribution in [0, 0.1) is 12.7 Å². The number of aromatic nitrogens is 2. The number of carbonyl (C=O) groups excluding carboxylic acids is 1. The number of nitrogens with one attached hydrogen (secondary N) is 1. The lowest BCUT2D eigenvalue weighted by atomic mass is 9.99. The second-order valence-electron chi connectivity index (χ2n) is 8.42. The van der Waals surface area contributed by atoms with Crippen molar-refractivity contribution in [3.63, 3.8) is 0 Å². The minimum atomic E-state index is -0.444. The van der Waals surface area contributed by atoms with E-state index in [1.807, 2.05) is 11.8 Å². The quantitative estimate of drug-likeness (QED) is 0.744. The third-order valence-corrected chi connectivity index (χ3v) is 6.68. The van der Waals surface area contributed by atoms with Crippen molar-refractivity contribution in [2.45, 2.75) is 51.6 Å². The lowest BCUT2D eigenvalue weighted by Gasteiger charge is -2.40. The molecule has 0 aliphatic carbocycles. The van der Waals surface area contributed by atoms with Crippen LogP contribution in [0.15, 0.2) is 24.5 Å². The normalized spacial score (nSPS) is 18.2. The van der Waals surface area contributed by atoms with Crippen LogP contribution in [-0.2, 0) is 6.54 Å². The molecule has 2 aromatic rings. The first-order valence-corrected chi connectivity index (χ1v) is 11.4. The Hall–Kier alpha value is -2.25. The maximum Gasteiger partial charge on any atom is 0.272 e. The van der Waals surface area contributed by atoms with Gasteiger partial charge in [-0.3, -0.25) is 4.79 Å². The molecule has 6 nitrogen and oxygen atoms in total. The molecule has 166 valence electrons. The summed E-state index contributed by atoms with van der Waals surface area (Å²) in [6.07, 6.45) is 7.38. The molecular weight excluding hydrogens is 417 g/mol. The van der Waals surface area contributed by atoms with Crippen LogP contribution in [0.2, 0.25) is 5.02 Å². The van der Waals surface area contributed by atoms with Crippen LogP contribution in [-0.4, -0.2) is 57.9 Å². The van der Waals surface area contributed by atoms with Gasteiger partial charge in [-0.15, -0.1) is 0 Å². The summed E-state index contributed by atoms with van der Waals surface area (Å²) in [7, 11) is 0. The van der Waals surface area contributed by atoms with Gasteiger partial charge in [-0.25, -0.2) is 14.4 Å². The first kappa shape index (κ1) is 22.0. The Kier molecular flexibility index (Phi) is 7.02. The van der Waals surface area contributed by atoms with Crippen molar-refractivity contribution >= 4 is 23.3 Å². The molecule has 31 heavy (non-hydrogen) atoms. The molecule has 0 atom stereocenters. The number of benzene rings is 1. The van der Waals surface area contributed by atoms with Crippen molar-refractivity contribution in [1.82, 2.24) is 19.8 Å². The van der Waals surface area contributed by atoms with Gasteiger partial charge in [0, 0.05) is 31.2 Å². The van der Waals surface area contributed by atoms with Gasteiger partial charge in [-0.05, 0) is 63.4 Å². The number of likely N-dealkylation sites (tertiary alicyclic amines) is 2. The molecule has 2 fully saturated rings. The Bertz CT molecular complexity index is 926. The maximum atomic E-state index is 13.4. The predicted octanol–water partition coefficient (Wildman–Crippen LogP) is 4.28. The predicted molar refractivity (Wildman–Crippen MR) is 120 cm³/mol. The third-order valence-electron chi connectivity index (χ3n) is 6.39. The largest absolute Gasteiger partial charge is 0.366 e. The molecule has 1 aromatic heterocycles. The SMILES string of the molecule is Cc1c(NCc2ccc(F)c(Cl)c2)ncnc1C(=O)N1CCC(N2CCCCC2)CC1. The fraction of sp³-hybridized carbons (Fsp3) is 0.522. The summed E-state index contributed by atoms with van der Waals surface area (Å²) < 4.78 is 13.4. The zero-order valence-electron chi connectivity index (χ0n) is 17.9. The van der Waals surface area contributed by atoms with Crippen LogP contribution in [0.4, 0.5) is 10.2 Å². The van der Waals surface area contributed by atoms with Crippen LogP contribution in [0.1, 0.15) is 53.7 Å². The van der Waals surface area contributed by atoms with E-state index >= 15 is 0 Å². The summed E-state index contributed by atoms with van der Waals surface area (Å²) in [5.41, 5.74) is 1.99. The average molecular weight is 446 g/mol. The molecule has 0 bridgehead atoms. The number of piperidine rings is 2. The standard InChI is InChI=1S/C23H29ClFN5O/c1-16-21(23(31)30-11-7-18(8-12-30)29-9-3-2-4-10-29)27-15-28-22(16)26-14-17-5-6-20(25)19(24)13-17/h5-6,13,15,18H,2-4,7-12,14H2,1H3,(H,26,27,28). The van der Waals surface area contributed by atoms with Crippen molar-refractivity contribution < 1.29 is 9.18 Å². The van der Waals surface area contributed by atoms with E-state index in [1.165, 1.54) is 44.7 Å². The second-order valence-corrected chi connectivity index (χ2v) is 8.83. The highest BCUT2D eigenvalue weighted by Gasteiger charge is 2.29. The van der Waals surface area contributed by atoms with E-state index in [9.17, 15) is 9.18 Å². The van der Waals surface area contributed by atoms with Crippen molar-refractivity contribution in [2.75, 3.05) is 31.5 Å². The van der Waals surface area contributed by atoms with E-state index < -0.39 is 5.82 Å². The summed E-state index contributed by atoms with van der Waals surface area (Å²) >= 11 is 5.86. The monoisotopic (exact) mass is 445 g/mol. The van der Waals surface area contributed by atoms with Gasteiger partial charge < -0.3 is 15.1 Å². The molecule has 3 heterocycles. The molecule has 1 N–H and O–H groups in total. The van der Waals surface area contributed by atoms with Gasteiger partial charge in [0.15, 0.2) is 0 Å². The fourth-order valence-electron chi connectivity index (χ4n) is 4.55. The number of nitrogens with zero attached hydrogens (tertiary/aromatic N) is 4. The molecule has 8 heteroatoms. The van der Waals surface area contributed by atoms with Crippen molar-refractivity contribution in [3.05, 3.63) is 52.2 Å². The van der Waals surface area contributed by atoms with Gasteiger partial charge in [-0.1, -0.05) is 24.1 Å². The van der Waals surface area contributed by atoms with E-state index in [1.54, 1.807) is 12.1 Å². The summed E-state index contributed by atoms with van der Waals surface area (Å²) in [6.45, 7) is 6.19. The molecule has 1 aromatic carbocycles. The molecule has 1 amide bonds. The minimum absolute atomic E-state index is 0.0372. The lowest BCUT2D eigenvalue weighted by Crippen LogP contribution is -2.48. The molecule has 0 spiro atoms. The first-order valence-electron chi connectivity index (χ1n) is 11.1. The molecular formula is C23H29ClFN5O. The topological polar surface area (TPSA) is 61.4 Å². The van der Waals surface area contributed by atoms with Gasteiger partial charge in [0.05, 0.1) is 5.02 Å². The van der Waals surface area contributed by atoms with Crippen LogP contribution in [0.25, 0.3) is 0 Å². The zero-order chi connectivity index (χ0) is 21.8. The van der Waals surface area contributed by atoms with Gasteiger partial charge in [0.1, 0.15) is 23.7 Å². The van der Waals surface area contributed by atoms with E-state index in [0.29, 0.717) is 24.1 Å². The molecule has 2 aliphatic rings. The minimum Gasteiger partial charge on any atom is -0.366 e. The molecule has 4 rings (SSSR count). The van der Waals surface area contributed by atoms with Crippen LogP contribution >= 0.6 is 11.6 Å². The smallest absolute Gasteiger partial charge is 0.272 e. The summed E-state index contributed by atoms with van der Waals surface area (Å²) in [4.78, 5) is 26.2. The Labute approximate surface area is 187 Å². The number of halogens is 2. The van der Waals surface area contributed by atoms with Gasteiger partial charge in [0.25, 0.3) is 5.91 Å². The van der Waals surface area contributed by atoms with Gasteiger partial charge in [0.2, 0.25) is 0 Å². The highest BCUT2D eigenvalue weighted by Crippen LogP contribution is 2.24. The van der Waals surface area contributed by atoms with Crippen LogP contribution < -0.4 is 5.32 Å². The molecule has 0 radical (unpaired) electrons. The Balaban J connectivity index is 1.38. The van der Waals surface area contributed by atoms with Crippen LogP contribution in [0.3, 0.4) is 0 Å². The van der Waals surface area contributed by atoms with Gasteiger partial charge >= 0.3 is 0 Å². The highest BCUT2D eigenvalue weighted by molar-refractivity contribution is 6.30. The van der Waals surface area contributed by atoms with Crippen LogP contribution in [0.5, 0.6) is 0 Å². The van der Waals surface area contributed by atoms with E-state index in [0.717, 1.165) is 37.1 Å². The fourth-order valence-corrected chi connectivity index (χ4v) is 4.75. The Morgan fingerprint density at radius 1 is 1.16 bits per heavy atom. The van der Waals surface area contributed by atoms with E-state index in [-0.39, 0.29) is 10.9 Å². The van der Waals surface area contributed by atoms with E-state index in [2.05, 4.69) is 20.2 Å². The number of carbonyl (C=O) groups is 1. The molecule has 2 aliphatic heterocycles. The summed E-state index contributed by atoms with van der Waals surface area (Å²) in [5.74, 6) is 0.118. The Morgan fingerprint density at radius 3 is 2.61 bits per heavy atom. The molecule has 0 unspecified atom stereocenters. The number of anilines is 1. The summed E-state index contributed by atoms with van der Waals surface area (Å²) in [5, 5.41) is 3.30. The Morgan fingerprint density at radius 2 is 1.90 bits per heavy atom. The third kappa shape index (κ3) is 5.15. The van der Waals surface area contributed by atoms with Crippen molar-refractivity contribution in [2.24, 2.45) is 0 Å². The van der Waals surface area contributed by atoms with E-state index in [4.69, 9.17) is 11.6 Å². The summed E-state index contributed by atoms with van der Waals surface area (Å²) in [6, 6.07) is 5.19. The molecule has 2 saturated heterocycles. The van der Waals surface area contributed by atoms with Crippen molar-refractivity contribution in [3.8, 4) is 0 Å². The highest BCUT2D eigenvalue weighted by atomic mass is 35.5. The second kappa shape index (κ2) is 9.92. The first-order chi connectivity index (χ1) is 15.0. The zero-order valence-corrected chi connectivity index (χ0v) is 18.7. The van der Waals surface area contributed by atoms with Gasteiger partial charge in [-0.2, -0.15) is 0 Å². The van der Waals surface area contributed by atoms with Crippen molar-refractivity contribution in [1.29, 1.82) is 0 Å².